The summed E-state index contributed by atoms with van der Waals surface area (Å²) in [5.74, 6) is -0.0665. The summed E-state index contributed by atoms with van der Waals surface area (Å²) in [6.45, 7) is 2.21. The molecule has 0 saturated heterocycles. The minimum atomic E-state index is -0.612. The van der Waals surface area contributed by atoms with Gasteiger partial charge in [0.05, 0.1) is 0 Å². The Hall–Kier alpha value is -1.45. The first-order valence-electron chi connectivity index (χ1n) is 7.12. The molecule has 1 aliphatic carbocycles. The van der Waals surface area contributed by atoms with E-state index in [9.17, 15) is 9.18 Å². The highest BCUT2D eigenvalue weighted by Crippen LogP contribution is 2.27. The van der Waals surface area contributed by atoms with Crippen LogP contribution in [0.25, 0.3) is 0 Å². The summed E-state index contributed by atoms with van der Waals surface area (Å²) in [6, 6.07) is 4.51. The van der Waals surface area contributed by atoms with E-state index >= 15 is 0 Å². The van der Waals surface area contributed by atoms with Gasteiger partial charge < -0.3 is 5.32 Å². The zero-order valence-corrected chi connectivity index (χ0v) is 11.4. The van der Waals surface area contributed by atoms with Crippen LogP contribution in [0, 0.1) is 11.9 Å². The average molecular weight is 264 g/mol. The largest absolute Gasteiger partial charge is 0.348 e. The Morgan fingerprint density at radius 1 is 1.37 bits per heavy atom. The standard InChI is InChI=1S/C15H21FN2O/c1-2-4-11-7-9-12(10-8-11)17-15(19)13-5-3-6-14(16)18-13/h3,5-6,11-12H,2,4,7-10H2,1H3,(H,17,19). The Balaban J connectivity index is 1.84. The lowest BCUT2D eigenvalue weighted by Crippen LogP contribution is -2.38. The van der Waals surface area contributed by atoms with Gasteiger partial charge in [0.2, 0.25) is 5.95 Å². The Morgan fingerprint density at radius 2 is 2.11 bits per heavy atom. The van der Waals surface area contributed by atoms with Gasteiger partial charge in [0, 0.05) is 6.04 Å². The minimum Gasteiger partial charge on any atom is -0.348 e. The molecule has 1 N–H and O–H groups in total. The molecule has 0 bridgehead atoms. The van der Waals surface area contributed by atoms with E-state index in [1.807, 2.05) is 0 Å². The second kappa shape index (κ2) is 6.64. The number of hydrogen-bond acceptors (Lipinski definition) is 2. The highest BCUT2D eigenvalue weighted by Gasteiger charge is 2.22. The molecule has 1 aromatic heterocycles. The molecule has 0 aliphatic heterocycles. The van der Waals surface area contributed by atoms with Crippen LogP contribution in [0.4, 0.5) is 4.39 Å². The van der Waals surface area contributed by atoms with E-state index in [0.29, 0.717) is 0 Å². The Morgan fingerprint density at radius 3 is 2.74 bits per heavy atom. The number of carbonyl (C=O) groups is 1. The fourth-order valence-corrected chi connectivity index (χ4v) is 2.80. The molecule has 3 nitrogen and oxygen atoms in total. The lowest BCUT2D eigenvalue weighted by Gasteiger charge is -2.28. The molecule has 0 aromatic carbocycles. The van der Waals surface area contributed by atoms with Crippen molar-refractivity contribution in [1.82, 2.24) is 10.3 Å². The number of nitrogens with zero attached hydrogens (tertiary/aromatic N) is 1. The van der Waals surface area contributed by atoms with Crippen LogP contribution < -0.4 is 5.32 Å². The molecule has 1 heterocycles. The summed E-state index contributed by atoms with van der Waals surface area (Å²) in [7, 11) is 0. The predicted molar refractivity (Wildman–Crippen MR) is 72.3 cm³/mol. The van der Waals surface area contributed by atoms with Crippen LogP contribution in [0.15, 0.2) is 18.2 Å². The first-order valence-corrected chi connectivity index (χ1v) is 7.12. The van der Waals surface area contributed by atoms with Crippen molar-refractivity contribution in [3.8, 4) is 0 Å². The molecule has 1 amide bonds. The van der Waals surface area contributed by atoms with Crippen molar-refractivity contribution in [2.75, 3.05) is 0 Å². The quantitative estimate of drug-likeness (QED) is 0.848. The van der Waals surface area contributed by atoms with Crippen molar-refractivity contribution in [1.29, 1.82) is 0 Å². The van der Waals surface area contributed by atoms with Crippen LogP contribution in [0.3, 0.4) is 0 Å². The van der Waals surface area contributed by atoms with Gasteiger partial charge in [-0.2, -0.15) is 4.39 Å². The monoisotopic (exact) mass is 264 g/mol. The van der Waals surface area contributed by atoms with E-state index in [1.54, 1.807) is 6.07 Å². The lowest BCUT2D eigenvalue weighted by atomic mass is 9.83. The van der Waals surface area contributed by atoms with Crippen LogP contribution in [-0.4, -0.2) is 16.9 Å². The Kier molecular flexibility index (Phi) is 4.88. The van der Waals surface area contributed by atoms with Crippen LogP contribution in [0.2, 0.25) is 0 Å². The minimum absolute atomic E-state index is 0.163. The van der Waals surface area contributed by atoms with E-state index in [4.69, 9.17) is 0 Å². The van der Waals surface area contributed by atoms with Crippen molar-refractivity contribution >= 4 is 5.91 Å². The van der Waals surface area contributed by atoms with E-state index in [0.717, 1.165) is 18.8 Å². The predicted octanol–water partition coefficient (Wildman–Crippen LogP) is 3.31. The number of nitrogens with one attached hydrogen (secondary N) is 1. The van der Waals surface area contributed by atoms with E-state index in [-0.39, 0.29) is 17.6 Å². The van der Waals surface area contributed by atoms with Gasteiger partial charge >= 0.3 is 0 Å². The highest BCUT2D eigenvalue weighted by atomic mass is 19.1. The molecule has 0 spiro atoms. The number of hydrogen-bond donors (Lipinski definition) is 1. The second-order valence-electron chi connectivity index (χ2n) is 5.33. The summed E-state index contributed by atoms with van der Waals surface area (Å²) in [5.41, 5.74) is 0.163. The number of amides is 1. The van der Waals surface area contributed by atoms with E-state index in [2.05, 4.69) is 17.2 Å². The number of halogens is 1. The molecule has 1 aromatic rings. The number of carbonyl (C=O) groups excluding carboxylic acids is 1. The zero-order chi connectivity index (χ0) is 13.7. The normalized spacial score (nSPS) is 23.1. The Bertz CT molecular complexity index is 428. The van der Waals surface area contributed by atoms with E-state index in [1.165, 1.54) is 37.8 Å². The van der Waals surface area contributed by atoms with Crippen molar-refractivity contribution in [3.05, 3.63) is 29.8 Å². The zero-order valence-electron chi connectivity index (χ0n) is 11.4. The maximum absolute atomic E-state index is 13.0. The maximum atomic E-state index is 13.0. The van der Waals surface area contributed by atoms with Crippen molar-refractivity contribution < 1.29 is 9.18 Å². The third-order valence-electron chi connectivity index (χ3n) is 3.83. The van der Waals surface area contributed by atoms with Gasteiger partial charge in [-0.05, 0) is 43.7 Å². The summed E-state index contributed by atoms with van der Waals surface area (Å²) >= 11 is 0. The molecular weight excluding hydrogens is 243 g/mol. The molecule has 0 unspecified atom stereocenters. The molecule has 19 heavy (non-hydrogen) atoms. The third kappa shape index (κ3) is 4.01. The molecule has 1 saturated carbocycles. The van der Waals surface area contributed by atoms with Crippen molar-refractivity contribution in [3.63, 3.8) is 0 Å². The summed E-state index contributed by atoms with van der Waals surface area (Å²) in [4.78, 5) is 15.5. The number of aromatic nitrogens is 1. The fourth-order valence-electron chi connectivity index (χ4n) is 2.80. The molecule has 1 aliphatic rings. The van der Waals surface area contributed by atoms with E-state index < -0.39 is 5.95 Å². The topological polar surface area (TPSA) is 42.0 Å². The Labute approximate surface area is 113 Å². The highest BCUT2D eigenvalue weighted by molar-refractivity contribution is 5.92. The maximum Gasteiger partial charge on any atom is 0.270 e. The molecule has 0 radical (unpaired) electrons. The first kappa shape index (κ1) is 14.0. The molecular formula is C15H21FN2O. The summed E-state index contributed by atoms with van der Waals surface area (Å²) in [6.07, 6.45) is 6.91. The van der Waals surface area contributed by atoms with Crippen LogP contribution >= 0.6 is 0 Å². The van der Waals surface area contributed by atoms with Gasteiger partial charge in [0.1, 0.15) is 5.69 Å². The third-order valence-corrected chi connectivity index (χ3v) is 3.83. The first-order chi connectivity index (χ1) is 9.19. The van der Waals surface area contributed by atoms with Gasteiger partial charge in [-0.25, -0.2) is 4.98 Å². The fraction of sp³-hybridized carbons (Fsp3) is 0.600. The van der Waals surface area contributed by atoms with Crippen LogP contribution in [0.5, 0.6) is 0 Å². The van der Waals surface area contributed by atoms with Gasteiger partial charge in [-0.3, -0.25) is 4.79 Å². The summed E-state index contributed by atoms with van der Waals surface area (Å²) in [5, 5.41) is 2.96. The molecule has 104 valence electrons. The SMILES string of the molecule is CCCC1CCC(NC(=O)c2cccc(F)n2)CC1. The average Bonchev–Trinajstić information content (AvgIpc) is 2.41. The van der Waals surface area contributed by atoms with Gasteiger partial charge in [0.15, 0.2) is 0 Å². The molecule has 2 rings (SSSR count). The number of pyridine rings is 1. The molecule has 0 atom stereocenters. The molecule has 1 fully saturated rings. The number of rotatable bonds is 4. The van der Waals surface area contributed by atoms with Gasteiger partial charge in [0.25, 0.3) is 5.91 Å². The van der Waals surface area contributed by atoms with Crippen molar-refractivity contribution in [2.45, 2.75) is 51.5 Å². The van der Waals surface area contributed by atoms with Crippen LogP contribution in [-0.2, 0) is 0 Å². The smallest absolute Gasteiger partial charge is 0.270 e. The second-order valence-corrected chi connectivity index (χ2v) is 5.33. The lowest BCUT2D eigenvalue weighted by molar-refractivity contribution is 0.0915. The van der Waals surface area contributed by atoms with Crippen LogP contribution in [0.1, 0.15) is 55.9 Å². The molecule has 4 heteroatoms. The van der Waals surface area contributed by atoms with Gasteiger partial charge in [-0.1, -0.05) is 25.8 Å². The van der Waals surface area contributed by atoms with Gasteiger partial charge in [-0.15, -0.1) is 0 Å². The summed E-state index contributed by atoms with van der Waals surface area (Å²) < 4.78 is 13.0. The van der Waals surface area contributed by atoms with Crippen molar-refractivity contribution in [2.24, 2.45) is 5.92 Å².